The number of fused-ring (bicyclic) bond motifs is 6. The van der Waals surface area contributed by atoms with Gasteiger partial charge >= 0.3 is 0 Å². The average Bonchev–Trinajstić information content (AvgIpc) is 3.12. The quantitative estimate of drug-likeness (QED) is 0.150. The zero-order chi connectivity index (χ0) is 29.7. The third kappa shape index (κ3) is 4.22. The van der Waals surface area contributed by atoms with E-state index in [9.17, 15) is 0 Å². The molecule has 0 aliphatic heterocycles. The largest absolute Gasteiger partial charge is 0.264 e. The number of benzene rings is 8. The van der Waals surface area contributed by atoms with Crippen LogP contribution in [-0.4, -0.2) is 4.98 Å². The van der Waals surface area contributed by atoms with Gasteiger partial charge in [-0.15, -0.1) is 0 Å². The van der Waals surface area contributed by atoms with Crippen molar-refractivity contribution < 1.29 is 0 Å². The van der Waals surface area contributed by atoms with Gasteiger partial charge in [0, 0.05) is 27.6 Å². The smallest absolute Gasteiger partial charge is 0.0353 e. The van der Waals surface area contributed by atoms with Crippen molar-refractivity contribution in [1.82, 2.24) is 4.98 Å². The molecule has 0 amide bonds. The van der Waals surface area contributed by atoms with E-state index in [0.29, 0.717) is 0 Å². The highest BCUT2D eigenvalue weighted by Crippen LogP contribution is 2.48. The summed E-state index contributed by atoms with van der Waals surface area (Å²) in [6, 6.07) is 55.0. The third-order valence-electron chi connectivity index (χ3n) is 8.99. The van der Waals surface area contributed by atoms with Crippen LogP contribution < -0.4 is 0 Å². The molecule has 210 valence electrons. The van der Waals surface area contributed by atoms with Crippen molar-refractivity contribution in [3.05, 3.63) is 164 Å². The highest BCUT2D eigenvalue weighted by molar-refractivity contribution is 8.00. The van der Waals surface area contributed by atoms with Gasteiger partial charge < -0.3 is 0 Å². The third-order valence-corrected chi connectivity index (χ3v) is 10.2. The van der Waals surface area contributed by atoms with Crippen molar-refractivity contribution >= 4 is 65.6 Å². The van der Waals surface area contributed by atoms with Crippen LogP contribution in [0.25, 0.3) is 76.1 Å². The molecule has 1 heterocycles. The van der Waals surface area contributed by atoms with Gasteiger partial charge in [0.05, 0.1) is 0 Å². The minimum atomic E-state index is 1.17. The average molecular weight is 590 g/mol. The Bertz CT molecular complexity index is 2510. The van der Waals surface area contributed by atoms with Gasteiger partial charge in [-0.25, -0.2) is 0 Å². The maximum absolute atomic E-state index is 4.68. The molecule has 1 aromatic heterocycles. The Balaban J connectivity index is 1.32. The summed E-state index contributed by atoms with van der Waals surface area (Å²) in [5, 5.41) is 12.5. The van der Waals surface area contributed by atoms with Gasteiger partial charge in [-0.2, -0.15) is 0 Å². The van der Waals surface area contributed by atoms with Crippen LogP contribution >= 0.6 is 11.8 Å². The number of nitrogens with zero attached hydrogens (tertiary/aromatic N) is 1. The molecule has 0 saturated heterocycles. The minimum Gasteiger partial charge on any atom is -0.264 e. The molecule has 0 unspecified atom stereocenters. The zero-order valence-electron chi connectivity index (χ0n) is 24.4. The molecule has 0 radical (unpaired) electrons. The fourth-order valence-corrected chi connectivity index (χ4v) is 8.20. The van der Waals surface area contributed by atoms with Crippen LogP contribution in [0.3, 0.4) is 0 Å². The van der Waals surface area contributed by atoms with Crippen LogP contribution in [0.5, 0.6) is 0 Å². The van der Waals surface area contributed by atoms with Gasteiger partial charge in [-0.05, 0) is 88.9 Å². The van der Waals surface area contributed by atoms with Crippen LogP contribution in [0.2, 0.25) is 0 Å². The molecular weight excluding hydrogens is 563 g/mol. The van der Waals surface area contributed by atoms with Crippen molar-refractivity contribution in [2.45, 2.75) is 9.79 Å². The number of aromatic nitrogens is 1. The Morgan fingerprint density at radius 1 is 0.400 bits per heavy atom. The molecule has 0 saturated carbocycles. The van der Waals surface area contributed by atoms with E-state index in [1.54, 1.807) is 0 Å². The maximum Gasteiger partial charge on any atom is 0.0353 e. The molecule has 9 aromatic rings. The number of pyridine rings is 1. The van der Waals surface area contributed by atoms with Crippen molar-refractivity contribution in [3.8, 4) is 22.3 Å². The highest BCUT2D eigenvalue weighted by Gasteiger charge is 2.20. The van der Waals surface area contributed by atoms with Crippen molar-refractivity contribution in [2.75, 3.05) is 0 Å². The van der Waals surface area contributed by atoms with Crippen LogP contribution in [0.15, 0.2) is 174 Å². The zero-order valence-corrected chi connectivity index (χ0v) is 25.3. The van der Waals surface area contributed by atoms with Crippen molar-refractivity contribution in [1.29, 1.82) is 0 Å². The predicted molar refractivity (Wildman–Crippen MR) is 193 cm³/mol. The van der Waals surface area contributed by atoms with E-state index >= 15 is 0 Å². The molecular formula is C43H27NS. The van der Waals surface area contributed by atoms with Gasteiger partial charge in [-0.1, -0.05) is 145 Å². The second kappa shape index (κ2) is 10.6. The Hall–Kier alpha value is -5.44. The summed E-state index contributed by atoms with van der Waals surface area (Å²) in [7, 11) is 0. The molecule has 9 rings (SSSR count). The standard InChI is InChI=1S/C43H27NS/c1-2-12-28(13-3-1)31-22-23-41(35-19-9-8-17-33(31)35)45-43-37-21-11-10-20-36(37)42(40-27-44-25-24-38(40)43)39-26-29-14-4-5-15-30(29)32-16-6-7-18-34(32)39/h1-27H. The first kappa shape index (κ1) is 26.0. The first-order valence-electron chi connectivity index (χ1n) is 15.3. The Morgan fingerprint density at radius 3 is 1.80 bits per heavy atom. The monoisotopic (exact) mass is 589 g/mol. The molecule has 0 N–H and O–H groups in total. The predicted octanol–water partition coefficient (Wildman–Crippen LogP) is 12.3. The second-order valence-electron chi connectivity index (χ2n) is 11.5. The van der Waals surface area contributed by atoms with Gasteiger partial charge in [0.2, 0.25) is 0 Å². The Labute approximate surface area is 265 Å². The summed E-state index contributed by atoms with van der Waals surface area (Å²) in [6.45, 7) is 0. The molecule has 1 nitrogen and oxygen atoms in total. The first-order chi connectivity index (χ1) is 22.3. The minimum absolute atomic E-state index is 1.17. The summed E-state index contributed by atoms with van der Waals surface area (Å²) in [5.74, 6) is 0. The Kier molecular flexibility index (Phi) is 6.14. The van der Waals surface area contributed by atoms with Crippen molar-refractivity contribution in [3.63, 3.8) is 0 Å². The summed E-state index contributed by atoms with van der Waals surface area (Å²) >= 11 is 1.86. The molecule has 0 aliphatic rings. The summed E-state index contributed by atoms with van der Waals surface area (Å²) in [5.41, 5.74) is 4.98. The summed E-state index contributed by atoms with van der Waals surface area (Å²) in [4.78, 5) is 7.19. The van der Waals surface area contributed by atoms with E-state index in [0.717, 1.165) is 0 Å². The number of rotatable bonds is 4. The lowest BCUT2D eigenvalue weighted by molar-refractivity contribution is 1.36. The summed E-state index contributed by atoms with van der Waals surface area (Å²) in [6.07, 6.45) is 3.99. The van der Waals surface area contributed by atoms with E-state index in [4.69, 9.17) is 0 Å². The molecule has 0 spiro atoms. The van der Waals surface area contributed by atoms with Crippen molar-refractivity contribution in [2.24, 2.45) is 0 Å². The normalized spacial score (nSPS) is 11.6. The molecule has 0 bridgehead atoms. The van der Waals surface area contributed by atoms with E-state index in [1.807, 2.05) is 18.0 Å². The van der Waals surface area contributed by atoms with E-state index in [-0.39, 0.29) is 0 Å². The Morgan fingerprint density at radius 2 is 1.00 bits per heavy atom. The maximum atomic E-state index is 4.68. The first-order valence-corrected chi connectivity index (χ1v) is 16.1. The van der Waals surface area contributed by atoms with Crippen LogP contribution in [0.4, 0.5) is 0 Å². The second-order valence-corrected chi connectivity index (χ2v) is 12.5. The van der Waals surface area contributed by atoms with E-state index in [2.05, 4.69) is 163 Å². The topological polar surface area (TPSA) is 12.9 Å². The lowest BCUT2D eigenvalue weighted by Gasteiger charge is -2.19. The van der Waals surface area contributed by atoms with Crippen LogP contribution in [-0.2, 0) is 0 Å². The number of hydrogen-bond donors (Lipinski definition) is 0. The molecule has 0 fully saturated rings. The fraction of sp³-hybridized carbons (Fsp3) is 0. The van der Waals surface area contributed by atoms with E-state index in [1.165, 1.54) is 85.9 Å². The lowest BCUT2D eigenvalue weighted by atomic mass is 9.88. The highest BCUT2D eigenvalue weighted by atomic mass is 32.2. The molecule has 0 atom stereocenters. The SMILES string of the molecule is c1ccc(-c2ccc(Sc3c4ccccc4c(-c4cc5ccccc5c5ccccc45)c4cnccc34)c3ccccc23)cc1. The van der Waals surface area contributed by atoms with Gasteiger partial charge in [0.15, 0.2) is 0 Å². The number of hydrogen-bond acceptors (Lipinski definition) is 2. The molecule has 0 aliphatic carbocycles. The fourth-order valence-electron chi connectivity index (χ4n) is 6.98. The van der Waals surface area contributed by atoms with Gasteiger partial charge in [0.1, 0.15) is 0 Å². The molecule has 45 heavy (non-hydrogen) atoms. The molecule has 2 heteroatoms. The van der Waals surface area contributed by atoms with Gasteiger partial charge in [-0.3, -0.25) is 4.98 Å². The van der Waals surface area contributed by atoms with Gasteiger partial charge in [0.25, 0.3) is 0 Å². The molecule has 8 aromatic carbocycles. The van der Waals surface area contributed by atoms with Crippen LogP contribution in [0, 0.1) is 0 Å². The van der Waals surface area contributed by atoms with E-state index < -0.39 is 0 Å². The van der Waals surface area contributed by atoms with Crippen LogP contribution in [0.1, 0.15) is 0 Å². The lowest BCUT2D eigenvalue weighted by Crippen LogP contribution is -1.92. The summed E-state index contributed by atoms with van der Waals surface area (Å²) < 4.78 is 0.